The fourth-order valence-corrected chi connectivity index (χ4v) is 3.19. The molecule has 3 rings (SSSR count). The second kappa shape index (κ2) is 9.65. The topological polar surface area (TPSA) is 77.7 Å². The van der Waals surface area contributed by atoms with Gasteiger partial charge in [-0.15, -0.1) is 0 Å². The number of benzene rings is 2. The van der Waals surface area contributed by atoms with Crippen LogP contribution in [-0.4, -0.2) is 55.1 Å². The van der Waals surface area contributed by atoms with Crippen LogP contribution >= 0.6 is 11.6 Å². The summed E-state index contributed by atoms with van der Waals surface area (Å²) in [5.41, 5.74) is 1.50. The minimum atomic E-state index is -0.324. The number of aromatic nitrogens is 1. The van der Waals surface area contributed by atoms with Gasteiger partial charge in [-0.3, -0.25) is 4.79 Å². The van der Waals surface area contributed by atoms with Gasteiger partial charge in [0.2, 0.25) is 0 Å². The van der Waals surface area contributed by atoms with Gasteiger partial charge < -0.3 is 24.8 Å². The van der Waals surface area contributed by atoms with Crippen LogP contribution in [0.15, 0.2) is 53.3 Å². The molecule has 2 N–H and O–H groups in total. The third kappa shape index (κ3) is 5.31. The molecule has 3 aromatic rings. The lowest BCUT2D eigenvalue weighted by Crippen LogP contribution is -2.40. The number of urea groups is 1. The highest BCUT2D eigenvalue weighted by Gasteiger charge is 2.17. The van der Waals surface area contributed by atoms with E-state index in [9.17, 15) is 9.59 Å². The zero-order chi connectivity index (χ0) is 21.7. The lowest BCUT2D eigenvalue weighted by atomic mass is 10.1. The maximum Gasteiger partial charge on any atom is 0.322 e. The number of pyridine rings is 1. The van der Waals surface area contributed by atoms with Crippen molar-refractivity contribution in [1.82, 2.24) is 14.8 Å². The second-order valence-electron chi connectivity index (χ2n) is 7.21. The van der Waals surface area contributed by atoms with Gasteiger partial charge >= 0.3 is 6.03 Å². The molecular formula is C22H25ClN4O3. The number of H-pyrrole nitrogens is 1. The first-order valence-corrected chi connectivity index (χ1v) is 9.90. The molecule has 0 aliphatic carbocycles. The lowest BCUT2D eigenvalue weighted by molar-refractivity contribution is 0.202. The van der Waals surface area contributed by atoms with E-state index in [1.807, 2.05) is 25.1 Å². The Kier molecular flexibility index (Phi) is 6.97. The monoisotopic (exact) mass is 428 g/mol. The van der Waals surface area contributed by atoms with E-state index < -0.39 is 0 Å². The molecule has 2 amide bonds. The van der Waals surface area contributed by atoms with E-state index in [4.69, 9.17) is 16.3 Å². The lowest BCUT2D eigenvalue weighted by Gasteiger charge is -2.25. The van der Waals surface area contributed by atoms with Crippen molar-refractivity contribution in [2.75, 3.05) is 39.6 Å². The molecule has 0 atom stereocenters. The molecule has 0 bridgehead atoms. The highest BCUT2D eigenvalue weighted by Crippen LogP contribution is 2.22. The number of halogens is 1. The van der Waals surface area contributed by atoms with Crippen LogP contribution < -0.4 is 15.6 Å². The number of amides is 2. The van der Waals surface area contributed by atoms with Crippen molar-refractivity contribution in [2.45, 2.75) is 6.54 Å². The quantitative estimate of drug-likeness (QED) is 0.600. The highest BCUT2D eigenvalue weighted by molar-refractivity contribution is 6.33. The van der Waals surface area contributed by atoms with E-state index in [1.165, 1.54) is 0 Å². The van der Waals surface area contributed by atoms with Gasteiger partial charge in [0.25, 0.3) is 5.56 Å². The minimum absolute atomic E-state index is 0.159. The predicted molar refractivity (Wildman–Crippen MR) is 121 cm³/mol. The molecule has 0 spiro atoms. The SMILES string of the molecule is COc1ccc2[nH]c(=O)c(CN(CCN(C)C)C(=O)Nc3ccccc3Cl)cc2c1. The van der Waals surface area contributed by atoms with E-state index in [1.54, 1.807) is 54.5 Å². The smallest absolute Gasteiger partial charge is 0.322 e. The Morgan fingerprint density at radius 2 is 1.90 bits per heavy atom. The number of para-hydroxylation sites is 1. The van der Waals surface area contributed by atoms with Crippen molar-refractivity contribution < 1.29 is 9.53 Å². The van der Waals surface area contributed by atoms with E-state index in [0.717, 1.165) is 5.39 Å². The number of nitrogens with zero attached hydrogens (tertiary/aromatic N) is 2. The van der Waals surface area contributed by atoms with Gasteiger partial charge in [0, 0.05) is 29.6 Å². The summed E-state index contributed by atoms with van der Waals surface area (Å²) in [5, 5.41) is 4.12. The van der Waals surface area contributed by atoms with Gasteiger partial charge in [0.05, 0.1) is 24.4 Å². The van der Waals surface area contributed by atoms with E-state index >= 15 is 0 Å². The Hall–Kier alpha value is -3.03. The van der Waals surface area contributed by atoms with Crippen LogP contribution in [0.2, 0.25) is 5.02 Å². The van der Waals surface area contributed by atoms with Crippen molar-refractivity contribution in [2.24, 2.45) is 0 Å². The molecule has 0 radical (unpaired) electrons. The molecule has 0 fully saturated rings. The number of carbonyl (C=O) groups is 1. The van der Waals surface area contributed by atoms with Gasteiger partial charge in [-0.05, 0) is 50.5 Å². The molecule has 30 heavy (non-hydrogen) atoms. The summed E-state index contributed by atoms with van der Waals surface area (Å²) in [7, 11) is 5.45. The first-order valence-electron chi connectivity index (χ1n) is 9.52. The Balaban J connectivity index is 1.88. The largest absolute Gasteiger partial charge is 0.497 e. The van der Waals surface area contributed by atoms with Crippen LogP contribution in [0, 0.1) is 0 Å². The van der Waals surface area contributed by atoms with Crippen LogP contribution in [0.5, 0.6) is 5.75 Å². The second-order valence-corrected chi connectivity index (χ2v) is 7.62. The van der Waals surface area contributed by atoms with Crippen molar-refractivity contribution in [3.8, 4) is 5.75 Å². The van der Waals surface area contributed by atoms with Crippen LogP contribution in [0.3, 0.4) is 0 Å². The molecule has 0 saturated heterocycles. The third-order valence-corrected chi connectivity index (χ3v) is 5.04. The van der Waals surface area contributed by atoms with Gasteiger partial charge in [-0.25, -0.2) is 4.79 Å². The van der Waals surface area contributed by atoms with Crippen LogP contribution in [0.25, 0.3) is 10.9 Å². The fourth-order valence-electron chi connectivity index (χ4n) is 3.01. The van der Waals surface area contributed by atoms with E-state index in [0.29, 0.717) is 40.6 Å². The number of hydrogen-bond acceptors (Lipinski definition) is 4. The standard InChI is InChI=1S/C22H25ClN4O3/c1-26(2)10-11-27(22(29)25-20-7-5-4-6-18(20)23)14-16-12-15-13-17(30-3)8-9-19(15)24-21(16)28/h4-9,12-13H,10-11,14H2,1-3H3,(H,24,28)(H,25,29). The van der Waals surface area contributed by atoms with E-state index in [2.05, 4.69) is 10.3 Å². The number of aromatic amines is 1. The zero-order valence-electron chi connectivity index (χ0n) is 17.2. The first kappa shape index (κ1) is 21.7. The molecule has 2 aromatic carbocycles. The van der Waals surface area contributed by atoms with Crippen molar-refractivity contribution in [3.05, 3.63) is 69.5 Å². The first-order chi connectivity index (χ1) is 14.4. The number of anilines is 1. The predicted octanol–water partition coefficient (Wildman–Crippen LogP) is 3.79. The molecule has 7 nitrogen and oxygen atoms in total. The molecular weight excluding hydrogens is 404 g/mol. The number of fused-ring (bicyclic) bond motifs is 1. The molecule has 158 valence electrons. The third-order valence-electron chi connectivity index (χ3n) is 4.71. The number of likely N-dealkylation sites (N-methyl/N-ethyl adjacent to an activating group) is 1. The fraction of sp³-hybridized carbons (Fsp3) is 0.273. The summed E-state index contributed by atoms with van der Waals surface area (Å²) < 4.78 is 5.27. The summed E-state index contributed by atoms with van der Waals surface area (Å²) in [6.45, 7) is 1.25. The van der Waals surface area contributed by atoms with Crippen LogP contribution in [0.4, 0.5) is 10.5 Å². The summed E-state index contributed by atoms with van der Waals surface area (Å²) in [5.74, 6) is 0.696. The molecule has 1 heterocycles. The molecule has 0 unspecified atom stereocenters. The minimum Gasteiger partial charge on any atom is -0.497 e. The number of nitrogens with one attached hydrogen (secondary N) is 2. The van der Waals surface area contributed by atoms with Crippen molar-refractivity contribution >= 4 is 34.2 Å². The highest BCUT2D eigenvalue weighted by atomic mass is 35.5. The summed E-state index contributed by atoms with van der Waals surface area (Å²) >= 11 is 6.17. The van der Waals surface area contributed by atoms with Crippen molar-refractivity contribution in [1.29, 1.82) is 0 Å². The summed E-state index contributed by atoms with van der Waals surface area (Å²) in [6.07, 6.45) is 0. The normalized spacial score (nSPS) is 11.0. The summed E-state index contributed by atoms with van der Waals surface area (Å²) in [6, 6.07) is 14.0. The number of ether oxygens (including phenoxy) is 1. The van der Waals surface area contributed by atoms with Gasteiger partial charge in [-0.1, -0.05) is 23.7 Å². The average molecular weight is 429 g/mol. The summed E-state index contributed by atoms with van der Waals surface area (Å²) in [4.78, 5) is 32.0. The van der Waals surface area contributed by atoms with Gasteiger partial charge in [0.1, 0.15) is 5.75 Å². The van der Waals surface area contributed by atoms with Crippen LogP contribution in [0.1, 0.15) is 5.56 Å². The van der Waals surface area contributed by atoms with Gasteiger partial charge in [-0.2, -0.15) is 0 Å². The number of hydrogen-bond donors (Lipinski definition) is 2. The average Bonchev–Trinajstić information content (AvgIpc) is 2.72. The molecule has 0 aliphatic rings. The zero-order valence-corrected chi connectivity index (χ0v) is 18.0. The Morgan fingerprint density at radius 3 is 2.60 bits per heavy atom. The Labute approximate surface area is 180 Å². The Bertz CT molecular complexity index is 1100. The maximum absolute atomic E-state index is 13.0. The molecule has 1 aromatic heterocycles. The molecule has 0 aliphatic heterocycles. The maximum atomic E-state index is 13.0. The number of rotatable bonds is 7. The van der Waals surface area contributed by atoms with Crippen LogP contribution in [-0.2, 0) is 6.54 Å². The molecule has 8 heteroatoms. The number of methoxy groups -OCH3 is 1. The van der Waals surface area contributed by atoms with Crippen molar-refractivity contribution in [3.63, 3.8) is 0 Å². The Morgan fingerprint density at radius 1 is 1.13 bits per heavy atom. The number of carbonyl (C=O) groups excluding carboxylic acids is 1. The molecule has 0 saturated carbocycles. The van der Waals surface area contributed by atoms with Gasteiger partial charge in [0.15, 0.2) is 0 Å². The van der Waals surface area contributed by atoms with E-state index in [-0.39, 0.29) is 18.1 Å².